The van der Waals surface area contributed by atoms with E-state index in [0.717, 1.165) is 31.4 Å². The molecule has 0 bridgehead atoms. The third-order valence-electron chi connectivity index (χ3n) is 3.02. The number of hydrogen-bond acceptors (Lipinski definition) is 2. The van der Waals surface area contributed by atoms with E-state index in [4.69, 9.17) is 0 Å². The molecule has 1 aliphatic heterocycles. The number of carbonyl (C=O) groups excluding carboxylic acids is 2. The molecule has 0 radical (unpaired) electrons. The van der Waals surface area contributed by atoms with Crippen LogP contribution in [0.4, 0.5) is 5.69 Å². The lowest BCUT2D eigenvalue weighted by atomic mass is 10.0. The Hall–Kier alpha value is -1.84. The van der Waals surface area contributed by atoms with Crippen molar-refractivity contribution in [3.63, 3.8) is 0 Å². The molecule has 1 saturated heterocycles. The largest absolute Gasteiger partial charge is 0.333 e. The molecule has 0 spiro atoms. The lowest BCUT2D eigenvalue weighted by Gasteiger charge is -2.31. The normalized spacial score (nSPS) is 19.8. The summed E-state index contributed by atoms with van der Waals surface area (Å²) < 4.78 is 0. The average Bonchev–Trinajstić information content (AvgIpc) is 2.40. The highest BCUT2D eigenvalue weighted by atomic mass is 16.2. The average molecular weight is 232 g/mol. The van der Waals surface area contributed by atoms with Crippen LogP contribution in [-0.2, 0) is 9.59 Å². The number of likely N-dealkylation sites (tertiary alicyclic amines) is 1. The minimum absolute atomic E-state index is 0.0944. The summed E-state index contributed by atoms with van der Waals surface area (Å²) in [6.45, 7) is 0.677. The number of carbonyl (C=O) groups is 2. The van der Waals surface area contributed by atoms with Gasteiger partial charge in [0.2, 0.25) is 12.3 Å². The Morgan fingerprint density at radius 3 is 2.76 bits per heavy atom. The minimum Gasteiger partial charge on any atom is -0.333 e. The Balaban J connectivity index is 2.01. The van der Waals surface area contributed by atoms with Gasteiger partial charge in [-0.05, 0) is 31.4 Å². The van der Waals surface area contributed by atoms with Gasteiger partial charge in [0.15, 0.2) is 0 Å². The molecule has 1 heterocycles. The number of para-hydroxylation sites is 1. The van der Waals surface area contributed by atoms with Crippen molar-refractivity contribution in [1.29, 1.82) is 0 Å². The fraction of sp³-hybridized carbons (Fsp3) is 0.385. The third-order valence-corrected chi connectivity index (χ3v) is 3.02. The molecule has 2 rings (SSSR count). The maximum atomic E-state index is 12.0. The van der Waals surface area contributed by atoms with Gasteiger partial charge in [-0.3, -0.25) is 9.59 Å². The van der Waals surface area contributed by atoms with Gasteiger partial charge < -0.3 is 10.2 Å². The molecule has 1 aliphatic rings. The molecular weight excluding hydrogens is 216 g/mol. The molecule has 0 unspecified atom stereocenters. The van der Waals surface area contributed by atoms with Crippen molar-refractivity contribution in [3.05, 3.63) is 30.3 Å². The minimum atomic E-state index is -0.318. The number of anilines is 1. The first-order valence-electron chi connectivity index (χ1n) is 5.88. The van der Waals surface area contributed by atoms with Crippen molar-refractivity contribution in [2.75, 3.05) is 11.9 Å². The molecule has 1 atom stereocenters. The molecule has 1 aromatic rings. The van der Waals surface area contributed by atoms with Gasteiger partial charge in [0.05, 0.1) is 0 Å². The molecule has 1 N–H and O–H groups in total. The number of piperidine rings is 1. The summed E-state index contributed by atoms with van der Waals surface area (Å²) in [7, 11) is 0. The van der Waals surface area contributed by atoms with E-state index < -0.39 is 0 Å². The highest BCUT2D eigenvalue weighted by Crippen LogP contribution is 2.17. The van der Waals surface area contributed by atoms with E-state index >= 15 is 0 Å². The van der Waals surface area contributed by atoms with Crippen LogP contribution in [0.25, 0.3) is 0 Å². The van der Waals surface area contributed by atoms with Crippen LogP contribution < -0.4 is 5.32 Å². The number of amides is 2. The maximum Gasteiger partial charge on any atom is 0.247 e. The van der Waals surface area contributed by atoms with Crippen molar-refractivity contribution >= 4 is 18.0 Å². The van der Waals surface area contributed by atoms with Crippen LogP contribution in [0, 0.1) is 0 Å². The molecule has 17 heavy (non-hydrogen) atoms. The summed E-state index contributed by atoms with van der Waals surface area (Å²) in [5.74, 6) is -0.0944. The summed E-state index contributed by atoms with van der Waals surface area (Å²) in [6.07, 6.45) is 3.50. The summed E-state index contributed by atoms with van der Waals surface area (Å²) >= 11 is 0. The van der Waals surface area contributed by atoms with Crippen LogP contribution in [0.2, 0.25) is 0 Å². The Bertz CT molecular complexity index is 392. The van der Waals surface area contributed by atoms with Crippen molar-refractivity contribution in [2.45, 2.75) is 25.3 Å². The Labute approximate surface area is 101 Å². The van der Waals surface area contributed by atoms with Crippen LogP contribution in [0.15, 0.2) is 30.3 Å². The zero-order valence-electron chi connectivity index (χ0n) is 9.63. The zero-order chi connectivity index (χ0) is 12.1. The highest BCUT2D eigenvalue weighted by molar-refractivity contribution is 5.95. The summed E-state index contributed by atoms with van der Waals surface area (Å²) in [6, 6.07) is 9.00. The SMILES string of the molecule is O=CN1CCCC[C@H]1C(=O)Nc1ccccc1. The molecule has 1 fully saturated rings. The van der Waals surface area contributed by atoms with Crippen molar-refractivity contribution < 1.29 is 9.59 Å². The van der Waals surface area contributed by atoms with Gasteiger partial charge in [-0.2, -0.15) is 0 Å². The van der Waals surface area contributed by atoms with E-state index in [1.807, 2.05) is 30.3 Å². The predicted molar refractivity (Wildman–Crippen MR) is 65.5 cm³/mol. The van der Waals surface area contributed by atoms with E-state index in [2.05, 4.69) is 5.32 Å². The predicted octanol–water partition coefficient (Wildman–Crippen LogP) is 1.64. The van der Waals surface area contributed by atoms with Crippen LogP contribution in [-0.4, -0.2) is 29.8 Å². The van der Waals surface area contributed by atoms with Crippen LogP contribution in [0.1, 0.15) is 19.3 Å². The monoisotopic (exact) mass is 232 g/mol. The van der Waals surface area contributed by atoms with Gasteiger partial charge in [0.25, 0.3) is 0 Å². The molecule has 4 heteroatoms. The Morgan fingerprint density at radius 1 is 1.29 bits per heavy atom. The van der Waals surface area contributed by atoms with E-state index in [9.17, 15) is 9.59 Å². The highest BCUT2D eigenvalue weighted by Gasteiger charge is 2.27. The lowest BCUT2D eigenvalue weighted by Crippen LogP contribution is -2.46. The van der Waals surface area contributed by atoms with Gasteiger partial charge in [-0.15, -0.1) is 0 Å². The number of nitrogens with zero attached hydrogens (tertiary/aromatic N) is 1. The molecule has 2 amide bonds. The first-order valence-corrected chi connectivity index (χ1v) is 5.88. The smallest absolute Gasteiger partial charge is 0.247 e. The number of benzene rings is 1. The van der Waals surface area contributed by atoms with E-state index in [0.29, 0.717) is 6.54 Å². The Kier molecular flexibility index (Phi) is 3.75. The quantitative estimate of drug-likeness (QED) is 0.805. The molecule has 1 aromatic carbocycles. The molecular formula is C13H16N2O2. The number of hydrogen-bond donors (Lipinski definition) is 1. The van der Waals surface area contributed by atoms with Gasteiger partial charge >= 0.3 is 0 Å². The van der Waals surface area contributed by atoms with Crippen molar-refractivity contribution in [3.8, 4) is 0 Å². The second kappa shape index (κ2) is 5.48. The van der Waals surface area contributed by atoms with Crippen LogP contribution in [0.5, 0.6) is 0 Å². The van der Waals surface area contributed by atoms with Gasteiger partial charge in [0, 0.05) is 12.2 Å². The molecule has 90 valence electrons. The summed E-state index contributed by atoms with van der Waals surface area (Å²) in [4.78, 5) is 24.5. The fourth-order valence-electron chi connectivity index (χ4n) is 2.11. The van der Waals surface area contributed by atoms with E-state index in [-0.39, 0.29) is 11.9 Å². The molecule has 0 saturated carbocycles. The summed E-state index contributed by atoms with van der Waals surface area (Å²) in [5, 5.41) is 2.84. The number of nitrogens with one attached hydrogen (secondary N) is 1. The van der Waals surface area contributed by atoms with E-state index in [1.165, 1.54) is 0 Å². The van der Waals surface area contributed by atoms with Gasteiger partial charge in [-0.1, -0.05) is 18.2 Å². The summed E-state index contributed by atoms with van der Waals surface area (Å²) in [5.41, 5.74) is 0.772. The first kappa shape index (κ1) is 11.6. The van der Waals surface area contributed by atoms with Crippen LogP contribution >= 0.6 is 0 Å². The fourth-order valence-corrected chi connectivity index (χ4v) is 2.11. The topological polar surface area (TPSA) is 49.4 Å². The maximum absolute atomic E-state index is 12.0. The third kappa shape index (κ3) is 2.84. The Morgan fingerprint density at radius 2 is 2.06 bits per heavy atom. The second-order valence-electron chi connectivity index (χ2n) is 4.21. The number of rotatable bonds is 3. The zero-order valence-corrected chi connectivity index (χ0v) is 9.63. The van der Waals surface area contributed by atoms with Gasteiger partial charge in [-0.25, -0.2) is 0 Å². The molecule has 0 aliphatic carbocycles. The van der Waals surface area contributed by atoms with E-state index in [1.54, 1.807) is 4.90 Å². The van der Waals surface area contributed by atoms with Crippen LogP contribution in [0.3, 0.4) is 0 Å². The second-order valence-corrected chi connectivity index (χ2v) is 4.21. The van der Waals surface area contributed by atoms with Crippen molar-refractivity contribution in [2.24, 2.45) is 0 Å². The van der Waals surface area contributed by atoms with Gasteiger partial charge in [0.1, 0.15) is 6.04 Å². The molecule has 0 aromatic heterocycles. The standard InChI is InChI=1S/C13H16N2O2/c16-10-15-9-5-4-8-12(15)13(17)14-11-6-2-1-3-7-11/h1-3,6-7,10,12H,4-5,8-9H2,(H,14,17)/t12-/m0/s1. The lowest BCUT2D eigenvalue weighted by molar-refractivity contribution is -0.131. The first-order chi connectivity index (χ1) is 8.31. The molecule has 4 nitrogen and oxygen atoms in total. The van der Waals surface area contributed by atoms with Crippen molar-refractivity contribution in [1.82, 2.24) is 4.90 Å².